The normalized spacial score (nSPS) is 11.2. The van der Waals surface area contributed by atoms with E-state index in [9.17, 15) is 13.2 Å². The van der Waals surface area contributed by atoms with Gasteiger partial charge in [-0.1, -0.05) is 18.5 Å². The lowest BCUT2D eigenvalue weighted by molar-refractivity contribution is -0.113. The van der Waals surface area contributed by atoms with E-state index in [1.54, 1.807) is 23.9 Å². The molecule has 0 aliphatic carbocycles. The van der Waals surface area contributed by atoms with Gasteiger partial charge in [-0.15, -0.1) is 11.8 Å². The van der Waals surface area contributed by atoms with E-state index in [1.165, 1.54) is 30.5 Å². The first-order chi connectivity index (χ1) is 10.9. The van der Waals surface area contributed by atoms with Crippen LogP contribution in [0.5, 0.6) is 0 Å². The van der Waals surface area contributed by atoms with Crippen molar-refractivity contribution in [2.75, 3.05) is 16.8 Å². The minimum absolute atomic E-state index is 0.0601. The first kappa shape index (κ1) is 17.8. The second-order valence-corrected chi connectivity index (χ2v) is 8.29. The minimum Gasteiger partial charge on any atom is -0.324 e. The molecule has 0 saturated carbocycles. The summed E-state index contributed by atoms with van der Waals surface area (Å²) in [6, 6.07) is 9.17. The summed E-state index contributed by atoms with van der Waals surface area (Å²) in [5.74, 6) is -0.351. The Bertz CT molecular complexity index is 775. The number of halogens is 1. The van der Waals surface area contributed by atoms with Crippen molar-refractivity contribution in [3.63, 3.8) is 0 Å². The van der Waals surface area contributed by atoms with Gasteiger partial charge in [-0.25, -0.2) is 13.4 Å². The van der Waals surface area contributed by atoms with E-state index in [-0.39, 0.29) is 4.90 Å². The predicted molar refractivity (Wildman–Crippen MR) is 92.8 cm³/mol. The molecule has 8 heteroatoms. The van der Waals surface area contributed by atoms with E-state index in [2.05, 4.69) is 10.3 Å². The van der Waals surface area contributed by atoms with E-state index < -0.39 is 21.5 Å². The molecular formula is C15H15ClN2O3S2. The van der Waals surface area contributed by atoms with Gasteiger partial charge < -0.3 is 5.32 Å². The monoisotopic (exact) mass is 370 g/mol. The van der Waals surface area contributed by atoms with Gasteiger partial charge in [0.1, 0.15) is 5.75 Å². The standard InChI is InChI=1S/C15H15ClN2O3S2/c1-2-22-15-8-5-12(9-17-15)18-14(19)10-23(20,21)13-6-3-11(16)4-7-13/h3-9H,2,10H2,1H3,(H,18,19). The van der Waals surface area contributed by atoms with Crippen molar-refractivity contribution >= 4 is 44.8 Å². The Kier molecular flexibility index (Phi) is 6.04. The summed E-state index contributed by atoms with van der Waals surface area (Å²) in [6.07, 6.45) is 1.50. The number of carbonyl (C=O) groups is 1. The molecule has 1 heterocycles. The number of amides is 1. The topological polar surface area (TPSA) is 76.1 Å². The molecule has 0 radical (unpaired) electrons. The number of nitrogens with one attached hydrogen (secondary N) is 1. The molecule has 1 aromatic carbocycles. The van der Waals surface area contributed by atoms with Crippen molar-refractivity contribution in [2.45, 2.75) is 16.8 Å². The number of carbonyl (C=O) groups excluding carboxylic acids is 1. The Balaban J connectivity index is 2.02. The van der Waals surface area contributed by atoms with E-state index in [0.717, 1.165) is 10.8 Å². The van der Waals surface area contributed by atoms with Crippen molar-refractivity contribution in [3.05, 3.63) is 47.6 Å². The third-order valence-corrected chi connectivity index (χ3v) is 5.52. The summed E-state index contributed by atoms with van der Waals surface area (Å²) in [7, 11) is -3.71. The second kappa shape index (κ2) is 7.81. The maximum atomic E-state index is 12.2. The van der Waals surface area contributed by atoms with Crippen LogP contribution in [0.1, 0.15) is 6.92 Å². The number of aromatic nitrogens is 1. The van der Waals surface area contributed by atoms with Gasteiger partial charge in [0.25, 0.3) is 0 Å². The average molecular weight is 371 g/mol. The van der Waals surface area contributed by atoms with Gasteiger partial charge in [-0.2, -0.15) is 0 Å². The summed E-state index contributed by atoms with van der Waals surface area (Å²) in [4.78, 5) is 16.2. The number of hydrogen-bond acceptors (Lipinski definition) is 5. The van der Waals surface area contributed by atoms with E-state index in [1.807, 2.05) is 6.92 Å². The van der Waals surface area contributed by atoms with E-state index in [0.29, 0.717) is 10.7 Å². The second-order valence-electron chi connectivity index (χ2n) is 4.58. The summed E-state index contributed by atoms with van der Waals surface area (Å²) in [5, 5.41) is 3.81. The Morgan fingerprint density at radius 3 is 2.48 bits per heavy atom. The highest BCUT2D eigenvalue weighted by atomic mass is 35.5. The third-order valence-electron chi connectivity index (χ3n) is 2.81. The molecule has 0 fully saturated rings. The highest BCUT2D eigenvalue weighted by Gasteiger charge is 2.19. The van der Waals surface area contributed by atoms with Crippen LogP contribution in [0.3, 0.4) is 0 Å². The van der Waals surface area contributed by atoms with Crippen molar-refractivity contribution in [1.82, 2.24) is 4.98 Å². The van der Waals surface area contributed by atoms with E-state index in [4.69, 9.17) is 11.6 Å². The van der Waals surface area contributed by atoms with E-state index >= 15 is 0 Å². The number of hydrogen-bond donors (Lipinski definition) is 1. The number of anilines is 1. The lowest BCUT2D eigenvalue weighted by atomic mass is 10.4. The zero-order chi connectivity index (χ0) is 16.9. The van der Waals surface area contributed by atoms with Crippen molar-refractivity contribution in [2.24, 2.45) is 0 Å². The van der Waals surface area contributed by atoms with Crippen LogP contribution < -0.4 is 5.32 Å². The average Bonchev–Trinajstić information content (AvgIpc) is 2.49. The first-order valence-electron chi connectivity index (χ1n) is 6.78. The molecule has 5 nitrogen and oxygen atoms in total. The smallest absolute Gasteiger partial charge is 0.240 e. The zero-order valence-electron chi connectivity index (χ0n) is 12.3. The molecule has 0 aliphatic rings. The fraction of sp³-hybridized carbons (Fsp3) is 0.200. The van der Waals surface area contributed by atoms with Crippen molar-refractivity contribution < 1.29 is 13.2 Å². The highest BCUT2D eigenvalue weighted by molar-refractivity contribution is 7.99. The predicted octanol–water partition coefficient (Wildman–Crippen LogP) is 3.26. The lowest BCUT2D eigenvalue weighted by Gasteiger charge is -2.07. The molecule has 1 aromatic heterocycles. The molecule has 1 amide bonds. The molecule has 23 heavy (non-hydrogen) atoms. The summed E-state index contributed by atoms with van der Waals surface area (Å²) < 4.78 is 24.3. The molecule has 0 aliphatic heterocycles. The van der Waals surface area contributed by atoms with Crippen LogP contribution >= 0.6 is 23.4 Å². The van der Waals surface area contributed by atoms with Crippen LogP contribution in [0.25, 0.3) is 0 Å². The number of sulfone groups is 1. The molecule has 0 atom stereocenters. The van der Waals surface area contributed by atoms with Gasteiger partial charge in [-0.05, 0) is 42.2 Å². The maximum Gasteiger partial charge on any atom is 0.240 e. The minimum atomic E-state index is -3.71. The van der Waals surface area contributed by atoms with Crippen LogP contribution in [-0.2, 0) is 14.6 Å². The van der Waals surface area contributed by atoms with Gasteiger partial charge in [0.05, 0.1) is 21.8 Å². The molecular weight excluding hydrogens is 356 g/mol. The molecule has 2 rings (SSSR count). The van der Waals surface area contributed by atoms with Gasteiger partial charge >= 0.3 is 0 Å². The fourth-order valence-corrected chi connectivity index (χ4v) is 3.63. The van der Waals surface area contributed by atoms with Gasteiger partial charge in [0.15, 0.2) is 9.84 Å². The third kappa shape index (κ3) is 5.23. The Morgan fingerprint density at radius 1 is 1.22 bits per heavy atom. The number of nitrogens with zero attached hydrogens (tertiary/aromatic N) is 1. The summed E-state index contributed by atoms with van der Waals surface area (Å²) in [5.41, 5.74) is 0.460. The van der Waals surface area contributed by atoms with Crippen molar-refractivity contribution in [1.29, 1.82) is 0 Å². The lowest BCUT2D eigenvalue weighted by Crippen LogP contribution is -2.23. The molecule has 122 valence electrons. The summed E-state index contributed by atoms with van der Waals surface area (Å²) >= 11 is 7.31. The number of thioether (sulfide) groups is 1. The highest BCUT2D eigenvalue weighted by Crippen LogP contribution is 2.18. The molecule has 0 unspecified atom stereocenters. The largest absolute Gasteiger partial charge is 0.324 e. The molecule has 0 saturated heterocycles. The molecule has 1 N–H and O–H groups in total. The van der Waals surface area contributed by atoms with Crippen molar-refractivity contribution in [3.8, 4) is 0 Å². The number of pyridine rings is 1. The van der Waals surface area contributed by atoms with Crippen LogP contribution in [-0.4, -0.2) is 30.8 Å². The van der Waals surface area contributed by atoms with Crippen LogP contribution in [0.4, 0.5) is 5.69 Å². The Hall–Kier alpha value is -1.57. The van der Waals surface area contributed by atoms with Crippen LogP contribution in [0.2, 0.25) is 5.02 Å². The molecule has 0 spiro atoms. The summed E-state index contributed by atoms with van der Waals surface area (Å²) in [6.45, 7) is 2.02. The number of benzene rings is 1. The van der Waals surface area contributed by atoms with Gasteiger partial charge in [-0.3, -0.25) is 4.79 Å². The maximum absolute atomic E-state index is 12.2. The first-order valence-corrected chi connectivity index (χ1v) is 9.79. The van der Waals surface area contributed by atoms with Gasteiger partial charge in [0, 0.05) is 5.02 Å². The zero-order valence-corrected chi connectivity index (χ0v) is 14.7. The van der Waals surface area contributed by atoms with Crippen LogP contribution in [0.15, 0.2) is 52.5 Å². The Morgan fingerprint density at radius 2 is 1.91 bits per heavy atom. The van der Waals surface area contributed by atoms with Gasteiger partial charge in [0.2, 0.25) is 5.91 Å². The number of rotatable bonds is 6. The molecule has 2 aromatic rings. The molecule has 0 bridgehead atoms. The SMILES string of the molecule is CCSc1ccc(NC(=O)CS(=O)(=O)c2ccc(Cl)cc2)cn1. The fourth-order valence-electron chi connectivity index (χ4n) is 1.78. The quantitative estimate of drug-likeness (QED) is 0.790. The van der Waals surface area contributed by atoms with Crippen LogP contribution in [0, 0.1) is 0 Å². The Labute approximate surface area is 144 Å².